The number of hydrogen-bond donors (Lipinski definition) is 1. The van der Waals surface area contributed by atoms with Crippen LogP contribution in [0.15, 0.2) is 30.4 Å². The molecule has 3 unspecified atom stereocenters. The summed E-state index contributed by atoms with van der Waals surface area (Å²) in [5.41, 5.74) is -0.675. The van der Waals surface area contributed by atoms with E-state index in [1.807, 2.05) is 0 Å². The van der Waals surface area contributed by atoms with Crippen LogP contribution in [0.25, 0.3) is 0 Å². The molecule has 1 aromatic rings. The van der Waals surface area contributed by atoms with E-state index in [2.05, 4.69) is 17.5 Å². The Balaban J connectivity index is 1.86. The van der Waals surface area contributed by atoms with E-state index < -0.39 is 11.7 Å². The number of allylic oxidation sites excluding steroid dienone is 1. The van der Waals surface area contributed by atoms with Crippen LogP contribution in [0.1, 0.15) is 18.4 Å². The van der Waals surface area contributed by atoms with Crippen molar-refractivity contribution in [3.63, 3.8) is 0 Å². The van der Waals surface area contributed by atoms with Gasteiger partial charge in [-0.1, -0.05) is 29.8 Å². The number of rotatable bonds is 2. The molecule has 5 heteroatoms. The average Bonchev–Trinajstić information content (AvgIpc) is 2.67. The largest absolute Gasteiger partial charge is 0.418 e. The smallest absolute Gasteiger partial charge is 0.380 e. The molecule has 0 spiro atoms. The van der Waals surface area contributed by atoms with E-state index in [0.717, 1.165) is 18.9 Å². The van der Waals surface area contributed by atoms with Gasteiger partial charge in [0.05, 0.1) is 16.3 Å². The quantitative estimate of drug-likeness (QED) is 0.775. The molecule has 19 heavy (non-hydrogen) atoms. The SMILES string of the molecule is FC(F)(F)c1cccc(Cl)c1NC1CC2CC=CC21. The molecule has 1 nitrogen and oxygen atoms in total. The second kappa shape index (κ2) is 4.44. The lowest BCUT2D eigenvalue weighted by molar-refractivity contribution is -0.137. The minimum absolute atomic E-state index is 0.0143. The van der Waals surface area contributed by atoms with E-state index in [4.69, 9.17) is 11.6 Å². The highest BCUT2D eigenvalue weighted by Crippen LogP contribution is 2.46. The molecule has 1 aromatic carbocycles. The van der Waals surface area contributed by atoms with Gasteiger partial charge < -0.3 is 5.32 Å². The Hall–Kier alpha value is -1.16. The minimum atomic E-state index is -4.39. The Bertz CT molecular complexity index is 524. The lowest BCUT2D eigenvalue weighted by Crippen LogP contribution is -2.43. The van der Waals surface area contributed by atoms with Gasteiger partial charge >= 0.3 is 6.18 Å². The van der Waals surface area contributed by atoms with Crippen LogP contribution in [-0.4, -0.2) is 6.04 Å². The Kier molecular flexibility index (Phi) is 3.01. The molecule has 0 aliphatic heterocycles. The van der Waals surface area contributed by atoms with Gasteiger partial charge in [-0.15, -0.1) is 0 Å². The molecule has 2 aliphatic carbocycles. The van der Waals surface area contributed by atoms with Crippen molar-refractivity contribution >= 4 is 17.3 Å². The predicted molar refractivity (Wildman–Crippen MR) is 69.2 cm³/mol. The van der Waals surface area contributed by atoms with Gasteiger partial charge in [-0.05, 0) is 30.9 Å². The minimum Gasteiger partial charge on any atom is -0.380 e. The first-order chi connectivity index (χ1) is 8.97. The molecule has 0 aromatic heterocycles. The summed E-state index contributed by atoms with van der Waals surface area (Å²) in [5.74, 6) is 0.937. The third kappa shape index (κ3) is 2.22. The topological polar surface area (TPSA) is 12.0 Å². The van der Waals surface area contributed by atoms with E-state index in [1.165, 1.54) is 12.1 Å². The van der Waals surface area contributed by atoms with Crippen molar-refractivity contribution in [1.82, 2.24) is 0 Å². The van der Waals surface area contributed by atoms with Gasteiger partial charge in [-0.2, -0.15) is 13.2 Å². The summed E-state index contributed by atoms with van der Waals surface area (Å²) in [6.07, 6.45) is 1.75. The monoisotopic (exact) mass is 287 g/mol. The summed E-state index contributed by atoms with van der Waals surface area (Å²) in [5, 5.41) is 3.12. The van der Waals surface area contributed by atoms with Gasteiger partial charge in [0.25, 0.3) is 0 Å². The Morgan fingerprint density at radius 1 is 1.26 bits per heavy atom. The van der Waals surface area contributed by atoms with Crippen LogP contribution in [-0.2, 0) is 6.18 Å². The normalized spacial score (nSPS) is 28.9. The number of para-hydroxylation sites is 1. The fraction of sp³-hybridized carbons (Fsp3) is 0.429. The molecule has 102 valence electrons. The third-order valence-electron chi connectivity index (χ3n) is 4.01. The maximum absolute atomic E-state index is 13.0. The molecule has 0 heterocycles. The first-order valence-corrected chi connectivity index (χ1v) is 6.63. The second-order valence-electron chi connectivity index (χ2n) is 5.15. The van der Waals surface area contributed by atoms with Crippen molar-refractivity contribution in [3.8, 4) is 0 Å². The van der Waals surface area contributed by atoms with Crippen LogP contribution in [0.2, 0.25) is 5.02 Å². The van der Waals surface area contributed by atoms with Gasteiger partial charge in [0, 0.05) is 12.0 Å². The summed E-state index contributed by atoms with van der Waals surface area (Å²) < 4.78 is 38.9. The first-order valence-electron chi connectivity index (χ1n) is 6.25. The maximum Gasteiger partial charge on any atom is 0.418 e. The summed E-state index contributed by atoms with van der Waals surface area (Å²) in [6.45, 7) is 0. The average molecular weight is 288 g/mol. The highest BCUT2D eigenvalue weighted by Gasteiger charge is 2.42. The molecule has 0 amide bonds. The van der Waals surface area contributed by atoms with Gasteiger partial charge in [-0.25, -0.2) is 0 Å². The number of alkyl halides is 3. The molecule has 3 rings (SSSR count). The van der Waals surface area contributed by atoms with Gasteiger partial charge in [0.1, 0.15) is 0 Å². The van der Waals surface area contributed by atoms with Gasteiger partial charge in [-0.3, -0.25) is 0 Å². The van der Waals surface area contributed by atoms with Crippen molar-refractivity contribution in [2.75, 3.05) is 5.32 Å². The number of halogens is 4. The van der Waals surface area contributed by atoms with Crippen LogP contribution in [0.5, 0.6) is 0 Å². The molecule has 1 N–H and O–H groups in total. The van der Waals surface area contributed by atoms with Crippen LogP contribution in [0.4, 0.5) is 18.9 Å². The zero-order chi connectivity index (χ0) is 13.6. The zero-order valence-corrected chi connectivity index (χ0v) is 10.8. The van der Waals surface area contributed by atoms with Crippen molar-refractivity contribution < 1.29 is 13.2 Å². The molecule has 1 saturated carbocycles. The van der Waals surface area contributed by atoms with Crippen molar-refractivity contribution in [2.45, 2.75) is 25.1 Å². The van der Waals surface area contributed by atoms with Crippen LogP contribution in [0, 0.1) is 11.8 Å². The zero-order valence-electron chi connectivity index (χ0n) is 10.0. The molecule has 0 bridgehead atoms. The molecular formula is C14H13ClF3N. The number of benzene rings is 1. The highest BCUT2D eigenvalue weighted by molar-refractivity contribution is 6.33. The van der Waals surface area contributed by atoms with Gasteiger partial charge in [0.15, 0.2) is 0 Å². The van der Waals surface area contributed by atoms with Crippen molar-refractivity contribution in [1.29, 1.82) is 0 Å². The number of fused-ring (bicyclic) bond motifs is 1. The Morgan fingerprint density at radius 2 is 2.05 bits per heavy atom. The Labute approximate surface area is 114 Å². The second-order valence-corrected chi connectivity index (χ2v) is 5.56. The summed E-state index contributed by atoms with van der Waals surface area (Å²) >= 11 is 5.92. The number of nitrogens with one attached hydrogen (secondary N) is 1. The van der Waals surface area contributed by atoms with E-state index in [0.29, 0.717) is 11.8 Å². The fourth-order valence-electron chi connectivity index (χ4n) is 2.98. The molecular weight excluding hydrogens is 275 g/mol. The maximum atomic E-state index is 13.0. The van der Waals surface area contributed by atoms with Crippen LogP contribution in [0.3, 0.4) is 0 Å². The number of hydrogen-bond acceptors (Lipinski definition) is 1. The standard InChI is InChI=1S/C14H13ClF3N/c15-11-6-2-5-10(14(16,17)18)13(11)19-12-7-8-3-1-4-9(8)12/h1-2,4-6,8-9,12,19H,3,7H2. The molecule has 2 aliphatic rings. The number of anilines is 1. The first kappa shape index (κ1) is 12.9. The van der Waals surface area contributed by atoms with E-state index in [-0.39, 0.29) is 16.8 Å². The van der Waals surface area contributed by atoms with Gasteiger partial charge in [0.2, 0.25) is 0 Å². The third-order valence-corrected chi connectivity index (χ3v) is 4.33. The van der Waals surface area contributed by atoms with Crippen LogP contribution < -0.4 is 5.32 Å². The van der Waals surface area contributed by atoms with E-state index >= 15 is 0 Å². The lowest BCUT2D eigenvalue weighted by atomic mass is 9.71. The van der Waals surface area contributed by atoms with Crippen molar-refractivity contribution in [3.05, 3.63) is 40.9 Å². The van der Waals surface area contributed by atoms with Crippen molar-refractivity contribution in [2.24, 2.45) is 11.8 Å². The lowest BCUT2D eigenvalue weighted by Gasteiger charge is -2.41. The van der Waals surface area contributed by atoms with E-state index in [9.17, 15) is 13.2 Å². The Morgan fingerprint density at radius 3 is 2.74 bits per heavy atom. The van der Waals surface area contributed by atoms with Crippen LogP contribution >= 0.6 is 11.6 Å². The van der Waals surface area contributed by atoms with E-state index in [1.54, 1.807) is 0 Å². The fourth-order valence-corrected chi connectivity index (χ4v) is 3.20. The molecule has 0 saturated heterocycles. The summed E-state index contributed by atoms with van der Waals surface area (Å²) in [4.78, 5) is 0. The molecule has 1 fully saturated rings. The molecule has 3 atom stereocenters. The predicted octanol–water partition coefficient (Wildman–Crippen LogP) is 4.74. The summed E-state index contributed by atoms with van der Waals surface area (Å²) in [7, 11) is 0. The highest BCUT2D eigenvalue weighted by atomic mass is 35.5. The summed E-state index contributed by atoms with van der Waals surface area (Å²) in [6, 6.07) is 3.94. The molecule has 0 radical (unpaired) electrons.